The van der Waals surface area contributed by atoms with E-state index in [1.54, 1.807) is 0 Å². The fraction of sp³-hybridized carbons (Fsp3) is 0.381. The molecule has 0 unspecified atom stereocenters. The van der Waals surface area contributed by atoms with Crippen LogP contribution in [0.25, 0.3) is 0 Å². The van der Waals surface area contributed by atoms with E-state index in [1.165, 1.54) is 5.56 Å². The molecule has 0 saturated carbocycles. The smallest absolute Gasteiger partial charge is 0.238 e. The third-order valence-corrected chi connectivity index (χ3v) is 4.75. The monoisotopic (exact) mass is 352 g/mol. The molecule has 5 heteroatoms. The van der Waals surface area contributed by atoms with Crippen LogP contribution in [0.1, 0.15) is 5.56 Å². The number of hydrogen-bond acceptors (Lipinski definition) is 4. The molecule has 2 aromatic rings. The molecule has 0 bridgehead atoms. The van der Waals surface area contributed by atoms with Gasteiger partial charge in [0, 0.05) is 58.2 Å². The summed E-state index contributed by atoms with van der Waals surface area (Å²) in [6.45, 7) is 5.30. The van der Waals surface area contributed by atoms with E-state index < -0.39 is 0 Å². The van der Waals surface area contributed by atoms with Gasteiger partial charge in [0.15, 0.2) is 0 Å². The Balaban J connectivity index is 1.41. The quantitative estimate of drug-likeness (QED) is 0.867. The Morgan fingerprint density at radius 3 is 2.15 bits per heavy atom. The van der Waals surface area contributed by atoms with Crippen molar-refractivity contribution in [1.29, 1.82) is 0 Å². The topological polar surface area (TPSA) is 38.8 Å². The molecule has 26 heavy (non-hydrogen) atoms. The van der Waals surface area contributed by atoms with Gasteiger partial charge in [-0.2, -0.15) is 0 Å². The molecule has 1 heterocycles. The van der Waals surface area contributed by atoms with Crippen LogP contribution in [0, 0.1) is 0 Å². The Bertz CT molecular complexity index is 692. The van der Waals surface area contributed by atoms with Crippen molar-refractivity contribution in [2.24, 2.45) is 0 Å². The number of anilines is 2. The number of nitrogens with one attached hydrogen (secondary N) is 1. The predicted molar refractivity (Wildman–Crippen MR) is 108 cm³/mol. The summed E-state index contributed by atoms with van der Waals surface area (Å²) in [6.07, 6.45) is 0. The first-order chi connectivity index (χ1) is 12.6. The zero-order chi connectivity index (χ0) is 18.4. The van der Waals surface area contributed by atoms with Crippen molar-refractivity contribution in [3.8, 4) is 0 Å². The summed E-state index contributed by atoms with van der Waals surface area (Å²) < 4.78 is 0. The summed E-state index contributed by atoms with van der Waals surface area (Å²) >= 11 is 0. The number of piperazine rings is 1. The zero-order valence-electron chi connectivity index (χ0n) is 15.7. The first-order valence-electron chi connectivity index (χ1n) is 9.16. The second-order valence-corrected chi connectivity index (χ2v) is 7.03. The van der Waals surface area contributed by atoms with E-state index in [2.05, 4.69) is 39.4 Å². The molecule has 1 aliphatic rings. The van der Waals surface area contributed by atoms with Gasteiger partial charge in [-0.1, -0.05) is 30.3 Å². The van der Waals surface area contributed by atoms with Crippen molar-refractivity contribution in [3.05, 3.63) is 60.2 Å². The van der Waals surface area contributed by atoms with Gasteiger partial charge in [-0.05, 0) is 29.8 Å². The van der Waals surface area contributed by atoms with E-state index in [0.29, 0.717) is 6.54 Å². The molecule has 0 atom stereocenters. The second kappa shape index (κ2) is 8.83. The van der Waals surface area contributed by atoms with Crippen LogP contribution in [0.3, 0.4) is 0 Å². The summed E-state index contributed by atoms with van der Waals surface area (Å²) in [4.78, 5) is 19.0. The normalized spacial score (nSPS) is 15.6. The molecule has 1 N–H and O–H groups in total. The highest BCUT2D eigenvalue weighted by Gasteiger charge is 2.19. The Hall–Kier alpha value is -2.37. The zero-order valence-corrected chi connectivity index (χ0v) is 15.7. The molecule has 1 fully saturated rings. The Labute approximate surface area is 156 Å². The maximum absolute atomic E-state index is 12.3. The van der Waals surface area contributed by atoms with Crippen molar-refractivity contribution < 1.29 is 4.79 Å². The summed E-state index contributed by atoms with van der Waals surface area (Å²) in [7, 11) is 4.01. The molecule has 1 aliphatic heterocycles. The number of rotatable bonds is 6. The minimum absolute atomic E-state index is 0.0547. The molecular formula is C21H28N4O. The van der Waals surface area contributed by atoms with Gasteiger partial charge in [0.05, 0.1) is 6.54 Å². The lowest BCUT2D eigenvalue weighted by Gasteiger charge is -2.34. The lowest BCUT2D eigenvalue weighted by molar-refractivity contribution is -0.117. The minimum atomic E-state index is 0.0547. The van der Waals surface area contributed by atoms with Gasteiger partial charge in [0.1, 0.15) is 0 Å². The number of hydrogen-bond donors (Lipinski definition) is 1. The Kier molecular flexibility index (Phi) is 6.26. The number of benzene rings is 2. The maximum atomic E-state index is 12.3. The molecule has 0 radical (unpaired) electrons. The average Bonchev–Trinajstić information content (AvgIpc) is 2.64. The van der Waals surface area contributed by atoms with Gasteiger partial charge in [-0.3, -0.25) is 14.6 Å². The first kappa shape index (κ1) is 18.4. The van der Waals surface area contributed by atoms with E-state index in [0.717, 1.165) is 44.1 Å². The van der Waals surface area contributed by atoms with Crippen LogP contribution in [0.15, 0.2) is 54.6 Å². The molecule has 1 saturated heterocycles. The third kappa shape index (κ3) is 5.31. The minimum Gasteiger partial charge on any atom is -0.378 e. The molecule has 1 amide bonds. The predicted octanol–water partition coefficient (Wildman–Crippen LogP) is 2.51. The van der Waals surface area contributed by atoms with Crippen LogP contribution >= 0.6 is 0 Å². The second-order valence-electron chi connectivity index (χ2n) is 7.03. The van der Waals surface area contributed by atoms with Gasteiger partial charge >= 0.3 is 0 Å². The van der Waals surface area contributed by atoms with Crippen LogP contribution in [0.4, 0.5) is 11.4 Å². The van der Waals surface area contributed by atoms with E-state index in [-0.39, 0.29) is 5.91 Å². The third-order valence-electron chi connectivity index (χ3n) is 4.75. The van der Waals surface area contributed by atoms with Crippen molar-refractivity contribution in [1.82, 2.24) is 9.80 Å². The molecule has 0 aromatic heterocycles. The fourth-order valence-electron chi connectivity index (χ4n) is 3.19. The molecular weight excluding hydrogens is 324 g/mol. The molecule has 3 rings (SSSR count). The highest BCUT2D eigenvalue weighted by Crippen LogP contribution is 2.15. The van der Waals surface area contributed by atoms with Crippen molar-refractivity contribution in [3.63, 3.8) is 0 Å². The van der Waals surface area contributed by atoms with Crippen molar-refractivity contribution >= 4 is 17.3 Å². The van der Waals surface area contributed by atoms with E-state index in [1.807, 2.05) is 49.3 Å². The summed E-state index contributed by atoms with van der Waals surface area (Å²) in [5, 5.41) is 2.99. The lowest BCUT2D eigenvalue weighted by Crippen LogP contribution is -2.48. The number of amides is 1. The van der Waals surface area contributed by atoms with Gasteiger partial charge in [0.2, 0.25) is 5.91 Å². The van der Waals surface area contributed by atoms with Crippen molar-refractivity contribution in [2.75, 3.05) is 57.0 Å². The SMILES string of the molecule is CN(C)c1ccc(NC(=O)CN2CCN(Cc3ccccc3)CC2)cc1. The van der Waals surface area contributed by atoms with Crippen LogP contribution in [-0.2, 0) is 11.3 Å². The Morgan fingerprint density at radius 2 is 1.54 bits per heavy atom. The molecule has 2 aromatic carbocycles. The van der Waals surface area contributed by atoms with Crippen LogP contribution in [0.2, 0.25) is 0 Å². The number of carbonyl (C=O) groups excluding carboxylic acids is 1. The first-order valence-corrected chi connectivity index (χ1v) is 9.16. The highest BCUT2D eigenvalue weighted by molar-refractivity contribution is 5.92. The maximum Gasteiger partial charge on any atom is 0.238 e. The van der Waals surface area contributed by atoms with Crippen LogP contribution < -0.4 is 10.2 Å². The summed E-state index contributed by atoms with van der Waals surface area (Å²) in [5.74, 6) is 0.0547. The summed E-state index contributed by atoms with van der Waals surface area (Å²) in [6, 6.07) is 18.5. The van der Waals surface area contributed by atoms with Gasteiger partial charge in [0.25, 0.3) is 0 Å². The number of carbonyl (C=O) groups is 1. The standard InChI is InChI=1S/C21H28N4O/c1-23(2)20-10-8-19(9-11-20)22-21(26)17-25-14-12-24(13-15-25)16-18-6-4-3-5-7-18/h3-11H,12-17H2,1-2H3,(H,22,26). The molecule has 0 spiro atoms. The van der Waals surface area contributed by atoms with Crippen LogP contribution in [0.5, 0.6) is 0 Å². The van der Waals surface area contributed by atoms with Gasteiger partial charge < -0.3 is 10.2 Å². The van der Waals surface area contributed by atoms with E-state index >= 15 is 0 Å². The van der Waals surface area contributed by atoms with Crippen LogP contribution in [-0.4, -0.2) is 62.5 Å². The average molecular weight is 352 g/mol. The largest absolute Gasteiger partial charge is 0.378 e. The fourth-order valence-corrected chi connectivity index (χ4v) is 3.19. The Morgan fingerprint density at radius 1 is 0.923 bits per heavy atom. The molecule has 138 valence electrons. The molecule has 0 aliphatic carbocycles. The van der Waals surface area contributed by atoms with Crippen molar-refractivity contribution in [2.45, 2.75) is 6.54 Å². The van der Waals surface area contributed by atoms with Gasteiger partial charge in [-0.25, -0.2) is 0 Å². The van der Waals surface area contributed by atoms with E-state index in [9.17, 15) is 4.79 Å². The highest BCUT2D eigenvalue weighted by atomic mass is 16.2. The summed E-state index contributed by atoms with van der Waals surface area (Å²) in [5.41, 5.74) is 3.32. The van der Waals surface area contributed by atoms with E-state index in [4.69, 9.17) is 0 Å². The number of nitrogens with zero attached hydrogens (tertiary/aromatic N) is 3. The molecule has 5 nitrogen and oxygen atoms in total. The van der Waals surface area contributed by atoms with Gasteiger partial charge in [-0.15, -0.1) is 0 Å². The lowest BCUT2D eigenvalue weighted by atomic mass is 10.2.